The van der Waals surface area contributed by atoms with Gasteiger partial charge >= 0.3 is 0 Å². The van der Waals surface area contributed by atoms with E-state index in [1.807, 2.05) is 48.5 Å². The fourth-order valence-corrected chi connectivity index (χ4v) is 3.18. The van der Waals surface area contributed by atoms with Gasteiger partial charge in [0.15, 0.2) is 5.58 Å². The number of hydrogen-bond acceptors (Lipinski definition) is 4. The SMILES string of the molecule is COc1ccccc1C(=O)NCc1ccc(-c2nc3cc(C)c(C)cc3o2)cc1. The lowest BCUT2D eigenvalue weighted by Crippen LogP contribution is -2.23. The zero-order valence-corrected chi connectivity index (χ0v) is 16.7. The smallest absolute Gasteiger partial charge is 0.255 e. The first kappa shape index (κ1) is 18.7. The summed E-state index contributed by atoms with van der Waals surface area (Å²) in [6.07, 6.45) is 0. The summed E-state index contributed by atoms with van der Waals surface area (Å²) in [5.41, 5.74) is 6.42. The van der Waals surface area contributed by atoms with Gasteiger partial charge in [-0.1, -0.05) is 24.3 Å². The third kappa shape index (κ3) is 3.85. The zero-order chi connectivity index (χ0) is 20.4. The van der Waals surface area contributed by atoms with Gasteiger partial charge in [0.1, 0.15) is 11.3 Å². The molecule has 0 saturated heterocycles. The predicted octanol–water partition coefficient (Wildman–Crippen LogP) is 5.05. The monoisotopic (exact) mass is 386 g/mol. The Labute approximate surface area is 169 Å². The Morgan fingerprint density at radius 3 is 2.52 bits per heavy atom. The first-order valence-electron chi connectivity index (χ1n) is 9.43. The molecule has 0 aliphatic rings. The summed E-state index contributed by atoms with van der Waals surface area (Å²) in [5.74, 6) is 0.979. The minimum atomic E-state index is -0.170. The van der Waals surface area contributed by atoms with Gasteiger partial charge in [-0.2, -0.15) is 0 Å². The highest BCUT2D eigenvalue weighted by Gasteiger charge is 2.12. The molecule has 0 aliphatic heterocycles. The van der Waals surface area contributed by atoms with E-state index in [0.29, 0.717) is 23.7 Å². The number of methoxy groups -OCH3 is 1. The molecule has 3 aromatic carbocycles. The average Bonchev–Trinajstić information content (AvgIpc) is 3.15. The van der Waals surface area contributed by atoms with E-state index in [0.717, 1.165) is 22.2 Å². The van der Waals surface area contributed by atoms with Crippen LogP contribution in [0.3, 0.4) is 0 Å². The molecule has 146 valence electrons. The second-order valence-electron chi connectivity index (χ2n) is 7.00. The van der Waals surface area contributed by atoms with Crippen LogP contribution in [0.1, 0.15) is 27.0 Å². The number of carbonyl (C=O) groups is 1. The normalized spacial score (nSPS) is 10.9. The first-order valence-corrected chi connectivity index (χ1v) is 9.43. The molecule has 0 spiro atoms. The molecule has 0 radical (unpaired) electrons. The summed E-state index contributed by atoms with van der Waals surface area (Å²) in [6, 6.07) is 19.1. The number of benzene rings is 3. The molecular weight excluding hydrogens is 364 g/mol. The molecule has 1 heterocycles. The van der Waals surface area contributed by atoms with E-state index < -0.39 is 0 Å². The number of nitrogens with one attached hydrogen (secondary N) is 1. The highest BCUT2D eigenvalue weighted by molar-refractivity contribution is 5.96. The van der Waals surface area contributed by atoms with Crippen molar-refractivity contribution in [3.63, 3.8) is 0 Å². The summed E-state index contributed by atoms with van der Waals surface area (Å²) >= 11 is 0. The third-order valence-electron chi connectivity index (χ3n) is 5.01. The Bertz CT molecular complexity index is 1140. The van der Waals surface area contributed by atoms with E-state index in [1.54, 1.807) is 19.2 Å². The summed E-state index contributed by atoms with van der Waals surface area (Å²) in [4.78, 5) is 17.0. The van der Waals surface area contributed by atoms with Gasteiger partial charge in [0.05, 0.1) is 12.7 Å². The van der Waals surface area contributed by atoms with Crippen molar-refractivity contribution in [1.29, 1.82) is 0 Å². The Morgan fingerprint density at radius 2 is 1.76 bits per heavy atom. The van der Waals surface area contributed by atoms with Crippen molar-refractivity contribution >= 4 is 17.0 Å². The molecule has 1 aromatic heterocycles. The van der Waals surface area contributed by atoms with Crippen molar-refractivity contribution in [2.45, 2.75) is 20.4 Å². The molecule has 0 aliphatic carbocycles. The second kappa shape index (κ2) is 7.80. The number of amides is 1. The topological polar surface area (TPSA) is 64.4 Å². The van der Waals surface area contributed by atoms with Crippen LogP contribution < -0.4 is 10.1 Å². The molecule has 5 nitrogen and oxygen atoms in total. The van der Waals surface area contributed by atoms with Gasteiger partial charge in [0.25, 0.3) is 5.91 Å². The maximum absolute atomic E-state index is 12.4. The highest BCUT2D eigenvalue weighted by atomic mass is 16.5. The number of oxazole rings is 1. The van der Waals surface area contributed by atoms with E-state index in [1.165, 1.54) is 11.1 Å². The summed E-state index contributed by atoms with van der Waals surface area (Å²) < 4.78 is 11.2. The quantitative estimate of drug-likeness (QED) is 0.521. The van der Waals surface area contributed by atoms with Crippen molar-refractivity contribution in [2.75, 3.05) is 7.11 Å². The Balaban J connectivity index is 1.47. The minimum absolute atomic E-state index is 0.170. The van der Waals surface area contributed by atoms with Crippen LogP contribution in [-0.2, 0) is 6.54 Å². The van der Waals surface area contributed by atoms with E-state index >= 15 is 0 Å². The maximum Gasteiger partial charge on any atom is 0.255 e. The van der Waals surface area contributed by atoms with Gasteiger partial charge in [0.2, 0.25) is 5.89 Å². The number of para-hydroxylation sites is 1. The van der Waals surface area contributed by atoms with Gasteiger partial charge in [-0.15, -0.1) is 0 Å². The standard InChI is InChI=1S/C24H22N2O3/c1-15-12-20-22(13-16(15)2)29-24(26-20)18-10-8-17(9-11-18)14-25-23(27)19-6-4-5-7-21(19)28-3/h4-13H,14H2,1-3H3,(H,25,27). The van der Waals surface area contributed by atoms with Crippen LogP contribution in [0.2, 0.25) is 0 Å². The van der Waals surface area contributed by atoms with E-state index in [2.05, 4.69) is 24.1 Å². The third-order valence-corrected chi connectivity index (χ3v) is 5.01. The molecule has 5 heteroatoms. The lowest BCUT2D eigenvalue weighted by atomic mass is 10.1. The molecule has 0 fully saturated rings. The largest absolute Gasteiger partial charge is 0.496 e. The number of fused-ring (bicyclic) bond motifs is 1. The number of rotatable bonds is 5. The molecule has 0 bridgehead atoms. The van der Waals surface area contributed by atoms with E-state index in [9.17, 15) is 4.79 Å². The summed E-state index contributed by atoms with van der Waals surface area (Å²) in [7, 11) is 1.56. The van der Waals surface area contributed by atoms with Crippen molar-refractivity contribution < 1.29 is 13.9 Å². The first-order chi connectivity index (χ1) is 14.0. The number of nitrogens with zero attached hydrogens (tertiary/aromatic N) is 1. The van der Waals surface area contributed by atoms with Crippen molar-refractivity contribution in [3.05, 3.63) is 82.9 Å². The molecule has 4 rings (SSSR count). The Kier molecular flexibility index (Phi) is 5.04. The van der Waals surface area contributed by atoms with Crippen LogP contribution in [-0.4, -0.2) is 18.0 Å². The van der Waals surface area contributed by atoms with Crippen LogP contribution in [0.4, 0.5) is 0 Å². The maximum atomic E-state index is 12.4. The molecule has 0 atom stereocenters. The van der Waals surface area contributed by atoms with Crippen LogP contribution >= 0.6 is 0 Å². The molecular formula is C24H22N2O3. The average molecular weight is 386 g/mol. The zero-order valence-electron chi connectivity index (χ0n) is 16.7. The van der Waals surface area contributed by atoms with Crippen molar-refractivity contribution in [2.24, 2.45) is 0 Å². The van der Waals surface area contributed by atoms with Crippen LogP contribution in [0, 0.1) is 13.8 Å². The van der Waals surface area contributed by atoms with Crippen LogP contribution in [0.25, 0.3) is 22.6 Å². The van der Waals surface area contributed by atoms with E-state index in [4.69, 9.17) is 9.15 Å². The number of hydrogen-bond donors (Lipinski definition) is 1. The summed E-state index contributed by atoms with van der Waals surface area (Å²) in [6.45, 7) is 4.55. The lowest BCUT2D eigenvalue weighted by molar-refractivity contribution is 0.0948. The predicted molar refractivity (Wildman–Crippen MR) is 113 cm³/mol. The van der Waals surface area contributed by atoms with Crippen molar-refractivity contribution in [3.8, 4) is 17.2 Å². The molecule has 1 N–H and O–H groups in total. The van der Waals surface area contributed by atoms with Crippen LogP contribution in [0.15, 0.2) is 65.1 Å². The fourth-order valence-electron chi connectivity index (χ4n) is 3.18. The number of ether oxygens (including phenoxy) is 1. The van der Waals surface area contributed by atoms with Gasteiger partial charge in [-0.25, -0.2) is 4.98 Å². The number of aromatic nitrogens is 1. The molecule has 29 heavy (non-hydrogen) atoms. The number of aryl methyl sites for hydroxylation is 2. The van der Waals surface area contributed by atoms with Gasteiger partial charge in [-0.3, -0.25) is 4.79 Å². The van der Waals surface area contributed by atoms with E-state index in [-0.39, 0.29) is 5.91 Å². The minimum Gasteiger partial charge on any atom is -0.496 e. The summed E-state index contributed by atoms with van der Waals surface area (Å²) in [5, 5.41) is 2.93. The molecule has 0 unspecified atom stereocenters. The molecule has 1 amide bonds. The Morgan fingerprint density at radius 1 is 1.03 bits per heavy atom. The van der Waals surface area contributed by atoms with Crippen molar-refractivity contribution in [1.82, 2.24) is 10.3 Å². The highest BCUT2D eigenvalue weighted by Crippen LogP contribution is 2.26. The fraction of sp³-hybridized carbons (Fsp3) is 0.167. The lowest BCUT2D eigenvalue weighted by Gasteiger charge is -2.09. The van der Waals surface area contributed by atoms with Gasteiger partial charge in [0, 0.05) is 12.1 Å². The van der Waals surface area contributed by atoms with Gasteiger partial charge in [-0.05, 0) is 66.9 Å². The Hall–Kier alpha value is -3.60. The second-order valence-corrected chi connectivity index (χ2v) is 7.00. The van der Waals surface area contributed by atoms with Crippen LogP contribution in [0.5, 0.6) is 5.75 Å². The van der Waals surface area contributed by atoms with Gasteiger partial charge < -0.3 is 14.5 Å². The molecule has 4 aromatic rings. The number of carbonyl (C=O) groups excluding carboxylic acids is 1. The molecule has 0 saturated carbocycles.